The van der Waals surface area contributed by atoms with Gasteiger partial charge in [0.15, 0.2) is 0 Å². The van der Waals surface area contributed by atoms with Crippen molar-refractivity contribution in [2.45, 2.75) is 0 Å². The van der Waals surface area contributed by atoms with E-state index in [1.807, 2.05) is 0 Å². The molecule has 0 amide bonds. The van der Waals surface area contributed by atoms with E-state index in [0.717, 1.165) is 17.1 Å². The normalized spacial score (nSPS) is 11.6. The zero-order chi connectivity index (χ0) is 99.1. The molecule has 30 aromatic rings. The van der Waals surface area contributed by atoms with Crippen molar-refractivity contribution >= 4 is 131 Å². The minimum Gasteiger partial charge on any atom is -0.309 e. The van der Waals surface area contributed by atoms with Crippen molar-refractivity contribution in [3.8, 4) is 134 Å². The van der Waals surface area contributed by atoms with Crippen molar-refractivity contribution in [3.05, 3.63) is 582 Å². The van der Waals surface area contributed by atoms with Crippen LogP contribution in [0.3, 0.4) is 0 Å². The zero-order valence-corrected chi connectivity index (χ0v) is 82.1. The number of fused-ring (bicyclic) bond motifs is 18. The van der Waals surface area contributed by atoms with E-state index in [4.69, 9.17) is 0 Å². The van der Waals surface area contributed by atoms with Crippen molar-refractivity contribution in [2.24, 2.45) is 0 Å². The summed E-state index contributed by atoms with van der Waals surface area (Å²) < 4.78 is 14.7. The number of aromatic nitrogens is 6. The van der Waals surface area contributed by atoms with Crippen LogP contribution in [0.15, 0.2) is 582 Å². The van der Waals surface area contributed by atoms with Crippen molar-refractivity contribution in [2.75, 3.05) is 0 Å². The Bertz CT molecular complexity index is 10100. The average Bonchev–Trinajstić information content (AvgIpc) is 1.57. The van der Waals surface area contributed by atoms with E-state index in [1.165, 1.54) is 248 Å². The third-order valence-electron chi connectivity index (χ3n) is 30.4. The van der Waals surface area contributed by atoms with Gasteiger partial charge in [0.1, 0.15) is 0 Å². The molecule has 6 heterocycles. The van der Waals surface area contributed by atoms with Crippen LogP contribution < -0.4 is 0 Å². The molecule has 0 aliphatic rings. The molecule has 0 radical (unpaired) electrons. The smallest absolute Gasteiger partial charge is 0.0619 e. The van der Waals surface area contributed by atoms with Gasteiger partial charge in [-0.2, -0.15) is 0 Å². The van der Waals surface area contributed by atoms with Crippen LogP contribution in [-0.4, -0.2) is 27.4 Å². The van der Waals surface area contributed by atoms with Crippen LogP contribution in [0.5, 0.6) is 0 Å². The molecule has 0 aliphatic heterocycles. The molecule has 6 nitrogen and oxygen atoms in total. The molecule has 0 bridgehead atoms. The number of benzene rings is 24. The van der Waals surface area contributed by atoms with Crippen LogP contribution in [0.4, 0.5) is 0 Å². The molecule has 0 aliphatic carbocycles. The Balaban J connectivity index is 0.000000108. The molecule has 30 rings (SSSR count). The van der Waals surface area contributed by atoms with E-state index in [1.54, 1.807) is 0 Å². The van der Waals surface area contributed by atoms with Crippen LogP contribution in [0.1, 0.15) is 0 Å². The summed E-state index contributed by atoms with van der Waals surface area (Å²) in [7, 11) is 0. The highest BCUT2D eigenvalue weighted by molar-refractivity contribution is 6.21. The number of para-hydroxylation sites is 12. The molecule has 702 valence electrons. The Morgan fingerprint density at radius 1 is 0.100 bits per heavy atom. The Morgan fingerprint density at radius 2 is 0.347 bits per heavy atom. The van der Waals surface area contributed by atoms with Crippen molar-refractivity contribution in [3.63, 3.8) is 0 Å². The van der Waals surface area contributed by atoms with Gasteiger partial charge in [-0.3, -0.25) is 0 Å². The molecule has 6 heteroatoms. The van der Waals surface area contributed by atoms with Gasteiger partial charge in [-0.25, -0.2) is 0 Å². The number of nitrogens with zero attached hydrogens (tertiary/aromatic N) is 6. The van der Waals surface area contributed by atoms with E-state index in [2.05, 4.69) is 610 Å². The van der Waals surface area contributed by atoms with Crippen molar-refractivity contribution in [1.82, 2.24) is 27.4 Å². The summed E-state index contributed by atoms with van der Waals surface area (Å²) in [6, 6.07) is 211. The molecule has 0 saturated carbocycles. The Hall–Kier alpha value is -19.9. The lowest BCUT2D eigenvalue weighted by molar-refractivity contribution is 1.18. The van der Waals surface area contributed by atoms with Gasteiger partial charge in [0.2, 0.25) is 0 Å². The van der Waals surface area contributed by atoms with Crippen LogP contribution in [0.2, 0.25) is 0 Å². The van der Waals surface area contributed by atoms with Gasteiger partial charge in [0.25, 0.3) is 0 Å². The highest BCUT2D eigenvalue weighted by atomic mass is 15.0. The monoisotopic (exact) mass is 1910 g/mol. The molecule has 150 heavy (non-hydrogen) atoms. The van der Waals surface area contributed by atoms with E-state index >= 15 is 0 Å². The summed E-state index contributed by atoms with van der Waals surface area (Å²) in [4.78, 5) is 0. The molecule has 6 aromatic heterocycles. The first-order valence-electron chi connectivity index (χ1n) is 51.6. The van der Waals surface area contributed by atoms with Crippen LogP contribution in [0, 0.1) is 0 Å². The lowest BCUT2D eigenvalue weighted by Gasteiger charge is -2.18. The van der Waals surface area contributed by atoms with Gasteiger partial charge in [0, 0.05) is 115 Å². The Kier molecular flexibility index (Phi) is 21.9. The Morgan fingerprint density at radius 3 is 0.713 bits per heavy atom. The molecule has 0 atom stereocenters. The first kappa shape index (κ1) is 87.8. The maximum atomic E-state index is 2.46. The summed E-state index contributed by atoms with van der Waals surface area (Å²) in [5, 5.41) is 15.0. The average molecular weight is 1910 g/mol. The minimum atomic E-state index is 1.16. The minimum absolute atomic E-state index is 1.16. The molecule has 0 fully saturated rings. The van der Waals surface area contributed by atoms with E-state index in [0.29, 0.717) is 0 Å². The lowest BCUT2D eigenvalue weighted by atomic mass is 9.93. The second-order valence-electron chi connectivity index (χ2n) is 38.8. The van der Waals surface area contributed by atoms with Gasteiger partial charge in [-0.1, -0.05) is 449 Å². The summed E-state index contributed by atoms with van der Waals surface area (Å²) in [6.45, 7) is 0. The second kappa shape index (κ2) is 37.4. The maximum Gasteiger partial charge on any atom is 0.0619 e. The number of hydrogen-bond acceptors (Lipinski definition) is 0. The highest BCUT2D eigenvalue weighted by Gasteiger charge is 2.28. The largest absolute Gasteiger partial charge is 0.309 e. The number of rotatable bonds is 15. The van der Waals surface area contributed by atoms with Gasteiger partial charge in [-0.15, -0.1) is 0 Å². The van der Waals surface area contributed by atoms with E-state index in [-0.39, 0.29) is 0 Å². The quantitative estimate of drug-likeness (QED) is 0.0979. The lowest BCUT2D eigenvalue weighted by Crippen LogP contribution is -1.99. The molecular formula is C144H96N6. The molecular weight excluding hydrogens is 1810 g/mol. The van der Waals surface area contributed by atoms with Gasteiger partial charge in [0.05, 0.1) is 83.3 Å². The second-order valence-corrected chi connectivity index (χ2v) is 38.8. The number of hydrogen-bond donors (Lipinski definition) is 0. The third-order valence-corrected chi connectivity index (χ3v) is 30.4. The third kappa shape index (κ3) is 15.0. The van der Waals surface area contributed by atoms with Crippen LogP contribution in [0.25, 0.3) is 265 Å². The predicted molar refractivity (Wildman–Crippen MR) is 634 cm³/mol. The van der Waals surface area contributed by atoms with Gasteiger partial charge in [-0.05, 0) is 200 Å². The summed E-state index contributed by atoms with van der Waals surface area (Å²) in [5.74, 6) is 0. The van der Waals surface area contributed by atoms with Gasteiger partial charge < -0.3 is 27.4 Å². The SMILES string of the molecule is c1ccc(-c2ccc(-c3ccccc3)c(-n3c4ccccc4c4cc(-c5cccc6c7ccccc7n(-c7ccccc7)c56)ccc43)c2)cc1.c1ccc(-c2ccc(-n3c4ccccc4c4cc(-c5cccc6c7ccccc7n(-c7ccccc7)c56)ccc43)c(-c3ccccc3)c2)cc1.c1ccc(-c2cccc(-n3c4ccccc4c4cc(-c5cccc6c7ccccc7n(-c7ccccc7)c56)ccc43)c2-c2ccccc2)cc1. The van der Waals surface area contributed by atoms with Crippen molar-refractivity contribution < 1.29 is 0 Å². The fraction of sp³-hybridized carbons (Fsp3) is 0. The summed E-state index contributed by atoms with van der Waals surface area (Å²) in [5.41, 5.74) is 43.2. The highest BCUT2D eigenvalue weighted by Crippen LogP contribution is 2.50. The predicted octanol–water partition coefficient (Wildman–Crippen LogP) is 38.6. The van der Waals surface area contributed by atoms with Crippen LogP contribution in [-0.2, 0) is 0 Å². The van der Waals surface area contributed by atoms with E-state index < -0.39 is 0 Å². The first-order chi connectivity index (χ1) is 74.5. The van der Waals surface area contributed by atoms with Crippen molar-refractivity contribution in [1.29, 1.82) is 0 Å². The molecule has 0 N–H and O–H groups in total. The Labute approximate surface area is 868 Å². The van der Waals surface area contributed by atoms with E-state index in [9.17, 15) is 0 Å². The van der Waals surface area contributed by atoms with Gasteiger partial charge >= 0.3 is 0 Å². The fourth-order valence-electron chi connectivity index (χ4n) is 23.8. The van der Waals surface area contributed by atoms with Crippen LogP contribution >= 0.6 is 0 Å². The molecule has 0 spiro atoms. The zero-order valence-electron chi connectivity index (χ0n) is 82.1. The first-order valence-corrected chi connectivity index (χ1v) is 51.6. The summed E-state index contributed by atoms with van der Waals surface area (Å²) in [6.07, 6.45) is 0. The molecule has 24 aromatic carbocycles. The standard InChI is InChI=1S/3C48H32N2/c1-4-16-33(17-5-1)37-24-15-29-46(47(37)34-18-6-2-7-19-34)50-44-28-13-11-23-40(44)42-32-35(30-31-45(42)50)38-25-14-26-41-39-22-10-12-27-43(39)49(48(38)41)36-20-8-3-9-21-36;1-4-15-33(16-5-1)35-27-29-38(34-17-6-2-7-18-34)47(32-35)50-45-26-13-11-22-41(45)43-31-36(28-30-46(43)50)39-23-14-24-42-40-21-10-12-25-44(40)49(48(39)42)37-19-8-3-9-20-37;1-4-15-33(16-5-1)35-27-29-46(42(31-35)34-17-6-2-7-18-34)50-45-26-13-11-22-40(45)43-32-36(28-30-47(43)50)38-23-14-24-41-39-21-10-12-25-44(39)49(48(38)41)37-19-8-3-9-20-37/h3*1-32H. The fourth-order valence-corrected chi connectivity index (χ4v) is 23.8. The topological polar surface area (TPSA) is 29.6 Å². The summed E-state index contributed by atoms with van der Waals surface area (Å²) >= 11 is 0. The molecule has 0 unspecified atom stereocenters. The maximum absolute atomic E-state index is 2.46. The molecule has 0 saturated heterocycles.